The predicted octanol–water partition coefficient (Wildman–Crippen LogP) is 0.246. The van der Waals surface area contributed by atoms with Crippen LogP contribution >= 0.6 is 0 Å². The summed E-state index contributed by atoms with van der Waals surface area (Å²) in [5.41, 5.74) is 0.931. The van der Waals surface area contributed by atoms with E-state index in [1.54, 1.807) is 6.26 Å². The van der Waals surface area contributed by atoms with Crippen LogP contribution in [-0.4, -0.2) is 93.6 Å². The Kier molecular flexibility index (Phi) is 8.91. The third kappa shape index (κ3) is 7.53. The molecule has 10 nitrogen and oxygen atoms in total. The van der Waals surface area contributed by atoms with Gasteiger partial charge in [-0.05, 0) is 26.2 Å². The lowest BCUT2D eigenvalue weighted by atomic mass is 10.1. The van der Waals surface area contributed by atoms with Gasteiger partial charge in [-0.3, -0.25) is 9.89 Å². The fraction of sp³-hybridized carbons (Fsp3) is 0.789. The van der Waals surface area contributed by atoms with E-state index in [0.29, 0.717) is 13.2 Å². The molecule has 0 aromatic carbocycles. The van der Waals surface area contributed by atoms with E-state index < -0.39 is 10.0 Å². The fourth-order valence-corrected chi connectivity index (χ4v) is 4.54. The van der Waals surface area contributed by atoms with E-state index in [0.717, 1.165) is 70.2 Å². The standard InChI is InChI=1S/C19H34N6O4S/c1-2-20-19(25-10-8-24(9-11-25)16-17-6-13-29-23-17)21-7-14-30(26,27)22-15-18-5-3-4-12-28-18/h6,13,18,22H,2-5,7-12,14-16H2,1H3,(H,20,21). The summed E-state index contributed by atoms with van der Waals surface area (Å²) in [6.45, 7) is 8.24. The van der Waals surface area contributed by atoms with E-state index in [1.165, 1.54) is 0 Å². The Hall–Kier alpha value is -1.69. The summed E-state index contributed by atoms with van der Waals surface area (Å²) in [6.07, 6.45) is 4.64. The topological polar surface area (TPSA) is 112 Å². The highest BCUT2D eigenvalue weighted by molar-refractivity contribution is 7.89. The number of aliphatic imine (C=N–C) groups is 1. The fourth-order valence-electron chi connectivity index (χ4n) is 3.62. The van der Waals surface area contributed by atoms with Gasteiger partial charge in [-0.2, -0.15) is 0 Å². The molecule has 3 heterocycles. The monoisotopic (exact) mass is 442 g/mol. The second-order valence-electron chi connectivity index (χ2n) is 7.65. The second kappa shape index (κ2) is 11.6. The van der Waals surface area contributed by atoms with Crippen molar-refractivity contribution in [3.63, 3.8) is 0 Å². The van der Waals surface area contributed by atoms with Crippen molar-refractivity contribution in [3.05, 3.63) is 18.0 Å². The number of piperazine rings is 1. The third-order valence-corrected chi connectivity index (χ3v) is 6.64. The van der Waals surface area contributed by atoms with Crippen molar-refractivity contribution in [3.8, 4) is 0 Å². The molecule has 0 amide bonds. The Morgan fingerprint density at radius 1 is 1.30 bits per heavy atom. The van der Waals surface area contributed by atoms with Crippen molar-refractivity contribution in [2.75, 3.05) is 58.2 Å². The van der Waals surface area contributed by atoms with Gasteiger partial charge in [0.2, 0.25) is 10.0 Å². The number of rotatable bonds is 9. The number of nitrogens with zero attached hydrogens (tertiary/aromatic N) is 4. The number of nitrogens with one attached hydrogen (secondary N) is 2. The zero-order chi connectivity index (χ0) is 21.2. The summed E-state index contributed by atoms with van der Waals surface area (Å²) in [5, 5.41) is 7.24. The molecule has 1 aromatic heterocycles. The van der Waals surface area contributed by atoms with E-state index in [-0.39, 0.29) is 18.4 Å². The molecule has 1 aromatic rings. The van der Waals surface area contributed by atoms with Gasteiger partial charge in [0.15, 0.2) is 5.96 Å². The van der Waals surface area contributed by atoms with Crippen LogP contribution in [-0.2, 0) is 21.3 Å². The van der Waals surface area contributed by atoms with Crippen molar-refractivity contribution in [2.45, 2.75) is 38.8 Å². The summed E-state index contributed by atoms with van der Waals surface area (Å²) < 4.78 is 37.7. The number of sulfonamides is 1. The highest BCUT2D eigenvalue weighted by atomic mass is 32.2. The summed E-state index contributed by atoms with van der Waals surface area (Å²) in [7, 11) is -3.37. The van der Waals surface area contributed by atoms with E-state index in [9.17, 15) is 8.42 Å². The van der Waals surface area contributed by atoms with Crippen LogP contribution < -0.4 is 10.0 Å². The molecule has 11 heteroatoms. The van der Waals surface area contributed by atoms with Gasteiger partial charge in [-0.15, -0.1) is 0 Å². The molecule has 170 valence electrons. The van der Waals surface area contributed by atoms with Crippen molar-refractivity contribution < 1.29 is 17.7 Å². The minimum atomic E-state index is -3.37. The first-order valence-electron chi connectivity index (χ1n) is 10.8. The van der Waals surface area contributed by atoms with Gasteiger partial charge < -0.3 is 19.5 Å². The Bertz CT molecular complexity index is 741. The lowest BCUT2D eigenvalue weighted by molar-refractivity contribution is 0.0200. The van der Waals surface area contributed by atoms with Gasteiger partial charge in [0.05, 0.1) is 24.1 Å². The normalized spacial score (nSPS) is 21.7. The Labute approximate surface area is 179 Å². The molecular formula is C19H34N6O4S. The molecule has 2 fully saturated rings. The van der Waals surface area contributed by atoms with Crippen LogP contribution in [0.5, 0.6) is 0 Å². The average Bonchev–Trinajstić information content (AvgIpc) is 3.26. The molecule has 1 atom stereocenters. The van der Waals surface area contributed by atoms with E-state index >= 15 is 0 Å². The molecule has 0 bridgehead atoms. The molecule has 0 aliphatic carbocycles. The van der Waals surface area contributed by atoms with Crippen LogP contribution in [0.4, 0.5) is 0 Å². The molecule has 0 spiro atoms. The molecule has 2 saturated heterocycles. The molecular weight excluding hydrogens is 408 g/mol. The molecule has 2 aliphatic rings. The van der Waals surface area contributed by atoms with Crippen LogP contribution in [0.15, 0.2) is 21.8 Å². The molecule has 3 rings (SSSR count). The van der Waals surface area contributed by atoms with E-state index in [4.69, 9.17) is 9.26 Å². The minimum Gasteiger partial charge on any atom is -0.377 e. The molecule has 2 N–H and O–H groups in total. The summed E-state index contributed by atoms with van der Waals surface area (Å²) in [5.74, 6) is 0.741. The number of hydrogen-bond acceptors (Lipinski definition) is 7. The number of ether oxygens (including phenoxy) is 1. The first-order valence-corrected chi connectivity index (χ1v) is 12.4. The molecule has 30 heavy (non-hydrogen) atoms. The molecule has 0 saturated carbocycles. The summed E-state index contributed by atoms with van der Waals surface area (Å²) in [4.78, 5) is 9.05. The van der Waals surface area contributed by atoms with E-state index in [2.05, 4.69) is 30.0 Å². The predicted molar refractivity (Wildman–Crippen MR) is 115 cm³/mol. The maximum absolute atomic E-state index is 12.3. The zero-order valence-corrected chi connectivity index (χ0v) is 18.6. The highest BCUT2D eigenvalue weighted by Crippen LogP contribution is 2.12. The van der Waals surface area contributed by atoms with Crippen molar-refractivity contribution in [1.29, 1.82) is 0 Å². The Balaban J connectivity index is 1.43. The quantitative estimate of drug-likeness (QED) is 0.413. The van der Waals surface area contributed by atoms with Gasteiger partial charge in [0.1, 0.15) is 6.26 Å². The molecule has 1 unspecified atom stereocenters. The van der Waals surface area contributed by atoms with Gasteiger partial charge >= 0.3 is 0 Å². The molecule has 0 radical (unpaired) electrons. The highest BCUT2D eigenvalue weighted by Gasteiger charge is 2.21. The first kappa shape index (κ1) is 23.0. The number of aromatic nitrogens is 1. The van der Waals surface area contributed by atoms with Crippen LogP contribution in [0.2, 0.25) is 0 Å². The smallest absolute Gasteiger partial charge is 0.213 e. The van der Waals surface area contributed by atoms with Gasteiger partial charge in [0, 0.05) is 58.5 Å². The summed E-state index contributed by atoms with van der Waals surface area (Å²) >= 11 is 0. The van der Waals surface area contributed by atoms with Gasteiger partial charge in [-0.1, -0.05) is 5.16 Å². The average molecular weight is 443 g/mol. The Morgan fingerprint density at radius 3 is 2.80 bits per heavy atom. The SMILES string of the molecule is CCNC(=NCCS(=O)(=O)NCC1CCCCO1)N1CCN(Cc2ccon2)CC1. The number of guanidine groups is 1. The van der Waals surface area contributed by atoms with Crippen molar-refractivity contribution in [1.82, 2.24) is 25.0 Å². The van der Waals surface area contributed by atoms with Crippen LogP contribution in [0, 0.1) is 0 Å². The summed E-state index contributed by atoms with van der Waals surface area (Å²) in [6, 6.07) is 1.88. The first-order chi connectivity index (χ1) is 14.6. The van der Waals surface area contributed by atoms with Crippen LogP contribution in [0.25, 0.3) is 0 Å². The Morgan fingerprint density at radius 2 is 2.13 bits per heavy atom. The minimum absolute atomic E-state index is 0.0112. The lowest BCUT2D eigenvalue weighted by Crippen LogP contribution is -2.52. The van der Waals surface area contributed by atoms with Crippen LogP contribution in [0.3, 0.4) is 0 Å². The largest absolute Gasteiger partial charge is 0.377 e. The van der Waals surface area contributed by atoms with Crippen molar-refractivity contribution in [2.24, 2.45) is 4.99 Å². The van der Waals surface area contributed by atoms with E-state index in [1.807, 2.05) is 13.0 Å². The second-order valence-corrected chi connectivity index (χ2v) is 9.57. The van der Waals surface area contributed by atoms with Crippen LogP contribution in [0.1, 0.15) is 31.9 Å². The maximum Gasteiger partial charge on any atom is 0.213 e. The third-order valence-electron chi connectivity index (χ3n) is 5.31. The van der Waals surface area contributed by atoms with Gasteiger partial charge in [0.25, 0.3) is 0 Å². The molecule has 2 aliphatic heterocycles. The lowest BCUT2D eigenvalue weighted by Gasteiger charge is -2.36. The number of hydrogen-bond donors (Lipinski definition) is 2. The zero-order valence-electron chi connectivity index (χ0n) is 17.8. The van der Waals surface area contributed by atoms with Gasteiger partial charge in [-0.25, -0.2) is 13.1 Å². The van der Waals surface area contributed by atoms with Crippen molar-refractivity contribution >= 4 is 16.0 Å². The maximum atomic E-state index is 12.3.